The number of thiazole rings is 1. The molecule has 6 heteroatoms. The summed E-state index contributed by atoms with van der Waals surface area (Å²) in [4.78, 5) is 16.9. The van der Waals surface area contributed by atoms with Crippen LogP contribution in [0.3, 0.4) is 0 Å². The van der Waals surface area contributed by atoms with Crippen molar-refractivity contribution >= 4 is 27.5 Å². The first kappa shape index (κ1) is 15.8. The highest BCUT2D eigenvalue weighted by atomic mass is 32.1. The van der Waals surface area contributed by atoms with Crippen LogP contribution in [0.1, 0.15) is 15.9 Å². The second-order valence-electron chi connectivity index (χ2n) is 4.98. The van der Waals surface area contributed by atoms with Gasteiger partial charge in [0.2, 0.25) is 0 Å². The maximum Gasteiger partial charge on any atom is 0.279 e. The maximum atomic E-state index is 14.1. The van der Waals surface area contributed by atoms with Gasteiger partial charge in [0.15, 0.2) is 4.80 Å². The zero-order chi connectivity index (χ0) is 17.1. The van der Waals surface area contributed by atoms with Gasteiger partial charge in [0.1, 0.15) is 5.82 Å². The number of carbonyl (C=O) groups excluding carboxylic acids is 1. The fraction of sp³-hybridized carbons (Fsp3) is 0.0556. The number of hydrogen-bond donors (Lipinski definition) is 0. The molecule has 118 valence electrons. The molecule has 0 aliphatic rings. The van der Waals surface area contributed by atoms with Gasteiger partial charge in [0, 0.05) is 12.1 Å². The van der Waals surface area contributed by atoms with Crippen molar-refractivity contribution in [2.24, 2.45) is 4.99 Å². The number of para-hydroxylation sites is 1. The number of rotatable bonds is 3. The van der Waals surface area contributed by atoms with Gasteiger partial charge in [-0.25, -0.2) is 4.39 Å². The van der Waals surface area contributed by atoms with E-state index in [0.717, 1.165) is 0 Å². The molecule has 0 bridgehead atoms. The third-order valence-corrected chi connectivity index (χ3v) is 4.47. The molecule has 0 aliphatic heterocycles. The van der Waals surface area contributed by atoms with Gasteiger partial charge in [-0.15, -0.1) is 6.58 Å². The number of aromatic nitrogens is 1. The summed E-state index contributed by atoms with van der Waals surface area (Å²) in [7, 11) is 0. The average Bonchev–Trinajstić information content (AvgIpc) is 2.94. The molecule has 0 radical (unpaired) electrons. The summed E-state index contributed by atoms with van der Waals surface area (Å²) < 4.78 is 16.5. The summed E-state index contributed by atoms with van der Waals surface area (Å²) >= 11 is 1.24. The van der Waals surface area contributed by atoms with E-state index >= 15 is 0 Å². The topological polar surface area (TPSA) is 58.1 Å². The zero-order valence-electron chi connectivity index (χ0n) is 12.6. The summed E-state index contributed by atoms with van der Waals surface area (Å²) in [6.07, 6.45) is 1.63. The van der Waals surface area contributed by atoms with Gasteiger partial charge in [-0.1, -0.05) is 23.5 Å². The molecule has 4 nitrogen and oxygen atoms in total. The second-order valence-corrected chi connectivity index (χ2v) is 5.99. The molecule has 1 amide bonds. The first-order chi connectivity index (χ1) is 11.6. The molecule has 0 fully saturated rings. The minimum absolute atomic E-state index is 0.348. The Labute approximate surface area is 141 Å². The second kappa shape index (κ2) is 6.60. The van der Waals surface area contributed by atoms with E-state index in [1.807, 2.05) is 6.07 Å². The number of benzene rings is 2. The first-order valence-corrected chi connectivity index (χ1v) is 7.93. The smallest absolute Gasteiger partial charge is 0.279 e. The molecule has 0 atom stereocenters. The van der Waals surface area contributed by atoms with E-state index < -0.39 is 5.91 Å². The monoisotopic (exact) mass is 337 g/mol. The normalized spacial score (nSPS) is 11.4. The van der Waals surface area contributed by atoms with Crippen LogP contribution in [0.25, 0.3) is 10.2 Å². The van der Waals surface area contributed by atoms with Crippen LogP contribution in [0.5, 0.6) is 0 Å². The molecule has 1 aromatic heterocycles. The van der Waals surface area contributed by atoms with Crippen molar-refractivity contribution in [3.63, 3.8) is 0 Å². The van der Waals surface area contributed by atoms with E-state index in [4.69, 9.17) is 5.26 Å². The van der Waals surface area contributed by atoms with E-state index in [0.29, 0.717) is 32.7 Å². The Hall–Kier alpha value is -3.04. The fourth-order valence-corrected chi connectivity index (χ4v) is 3.36. The predicted molar refractivity (Wildman–Crippen MR) is 91.0 cm³/mol. The van der Waals surface area contributed by atoms with E-state index in [1.165, 1.54) is 17.4 Å². The van der Waals surface area contributed by atoms with Crippen LogP contribution in [-0.2, 0) is 6.54 Å². The third kappa shape index (κ3) is 2.90. The molecular formula is C18H12FN3OS. The van der Waals surface area contributed by atoms with Crippen molar-refractivity contribution in [1.29, 1.82) is 5.26 Å². The Morgan fingerprint density at radius 2 is 2.08 bits per heavy atom. The van der Waals surface area contributed by atoms with E-state index in [1.54, 1.807) is 47.0 Å². The van der Waals surface area contributed by atoms with Crippen molar-refractivity contribution in [3.05, 3.63) is 76.9 Å². The van der Waals surface area contributed by atoms with Gasteiger partial charge < -0.3 is 4.57 Å². The van der Waals surface area contributed by atoms with Crippen molar-refractivity contribution < 1.29 is 9.18 Å². The van der Waals surface area contributed by atoms with Gasteiger partial charge in [-0.05, 0) is 36.4 Å². The molecule has 3 rings (SSSR count). The Morgan fingerprint density at radius 3 is 2.75 bits per heavy atom. The molecule has 0 unspecified atom stereocenters. The highest BCUT2D eigenvalue weighted by molar-refractivity contribution is 7.16. The van der Waals surface area contributed by atoms with Gasteiger partial charge in [0.25, 0.3) is 5.91 Å². The molecule has 0 spiro atoms. The minimum Gasteiger partial charge on any atom is -0.310 e. The molecule has 0 saturated heterocycles. The van der Waals surface area contributed by atoms with Crippen LogP contribution in [0.2, 0.25) is 0 Å². The number of allylic oxidation sites excluding steroid dienone is 1. The molecule has 3 aromatic rings. The number of amides is 1. The highest BCUT2D eigenvalue weighted by Gasteiger charge is 2.11. The molecule has 2 aromatic carbocycles. The lowest BCUT2D eigenvalue weighted by molar-refractivity contribution is 0.0998. The molecule has 1 heterocycles. The highest BCUT2D eigenvalue weighted by Crippen LogP contribution is 2.20. The van der Waals surface area contributed by atoms with Crippen LogP contribution in [0.15, 0.2) is 60.1 Å². The Balaban J connectivity index is 2.13. The van der Waals surface area contributed by atoms with E-state index in [9.17, 15) is 9.18 Å². The number of nitrogens with zero attached hydrogens (tertiary/aromatic N) is 3. The van der Waals surface area contributed by atoms with Gasteiger partial charge in [-0.2, -0.15) is 10.3 Å². The number of fused-ring (bicyclic) bond motifs is 1. The SMILES string of the molecule is C=CCn1c(=NC(=O)c2ccc(C#N)cc2)sc2cccc(F)c21. The summed E-state index contributed by atoms with van der Waals surface area (Å²) in [6, 6.07) is 13.0. The number of halogens is 1. The number of nitriles is 1. The summed E-state index contributed by atoms with van der Waals surface area (Å²) in [5, 5.41) is 8.80. The Kier molecular flexibility index (Phi) is 4.36. The third-order valence-electron chi connectivity index (χ3n) is 3.42. The first-order valence-electron chi connectivity index (χ1n) is 7.12. The largest absolute Gasteiger partial charge is 0.310 e. The quantitative estimate of drug-likeness (QED) is 0.685. The van der Waals surface area contributed by atoms with Crippen LogP contribution < -0.4 is 4.80 Å². The zero-order valence-corrected chi connectivity index (χ0v) is 13.4. The average molecular weight is 337 g/mol. The number of carbonyl (C=O) groups is 1. The molecule has 24 heavy (non-hydrogen) atoms. The summed E-state index contributed by atoms with van der Waals surface area (Å²) in [6.45, 7) is 4.02. The lowest BCUT2D eigenvalue weighted by Crippen LogP contribution is -2.16. The van der Waals surface area contributed by atoms with Crippen molar-refractivity contribution in [3.8, 4) is 6.07 Å². The number of hydrogen-bond acceptors (Lipinski definition) is 3. The Bertz CT molecular complexity index is 1040. The van der Waals surface area contributed by atoms with Gasteiger partial charge in [-0.3, -0.25) is 4.79 Å². The lowest BCUT2D eigenvalue weighted by atomic mass is 10.1. The molecule has 0 saturated carbocycles. The minimum atomic E-state index is -0.440. The standard InChI is InChI=1S/C18H12FN3OS/c1-2-10-22-16-14(19)4-3-5-15(16)24-18(22)21-17(23)13-8-6-12(11-20)7-9-13/h2-9H,1,10H2. The van der Waals surface area contributed by atoms with Crippen LogP contribution in [0.4, 0.5) is 4.39 Å². The Morgan fingerprint density at radius 1 is 1.33 bits per heavy atom. The van der Waals surface area contributed by atoms with Gasteiger partial charge in [0.05, 0.1) is 21.8 Å². The fourth-order valence-electron chi connectivity index (χ4n) is 2.31. The van der Waals surface area contributed by atoms with Crippen LogP contribution >= 0.6 is 11.3 Å². The maximum absolute atomic E-state index is 14.1. The summed E-state index contributed by atoms with van der Waals surface area (Å²) in [5.41, 5.74) is 1.25. The lowest BCUT2D eigenvalue weighted by Gasteiger charge is -2.01. The molecule has 0 N–H and O–H groups in total. The van der Waals surface area contributed by atoms with E-state index in [2.05, 4.69) is 11.6 Å². The molecule has 0 aliphatic carbocycles. The molecular weight excluding hydrogens is 325 g/mol. The van der Waals surface area contributed by atoms with E-state index in [-0.39, 0.29) is 5.82 Å². The van der Waals surface area contributed by atoms with Crippen molar-refractivity contribution in [1.82, 2.24) is 4.57 Å². The van der Waals surface area contributed by atoms with Crippen molar-refractivity contribution in [2.45, 2.75) is 6.54 Å². The van der Waals surface area contributed by atoms with Gasteiger partial charge >= 0.3 is 0 Å². The van der Waals surface area contributed by atoms with Crippen LogP contribution in [0, 0.1) is 17.1 Å². The summed E-state index contributed by atoms with van der Waals surface area (Å²) in [5.74, 6) is -0.804. The van der Waals surface area contributed by atoms with Crippen LogP contribution in [-0.4, -0.2) is 10.5 Å². The van der Waals surface area contributed by atoms with Crippen molar-refractivity contribution in [2.75, 3.05) is 0 Å². The predicted octanol–water partition coefficient (Wildman–Crippen LogP) is 3.64.